The fourth-order valence-electron chi connectivity index (χ4n) is 5.51. The third kappa shape index (κ3) is 6.82. The Labute approximate surface area is 229 Å². The number of hydrogen-bond donors (Lipinski definition) is 0. The molecule has 1 aliphatic heterocycles. The van der Waals surface area contributed by atoms with Gasteiger partial charge in [0.1, 0.15) is 0 Å². The van der Waals surface area contributed by atoms with Gasteiger partial charge in [0.25, 0.3) is 0 Å². The van der Waals surface area contributed by atoms with Gasteiger partial charge < -0.3 is 9.64 Å². The van der Waals surface area contributed by atoms with Crippen LogP contribution in [0.25, 0.3) is 11.1 Å². The Morgan fingerprint density at radius 2 is 1.46 bits per heavy atom. The van der Waals surface area contributed by atoms with Crippen LogP contribution in [0.5, 0.6) is 0 Å². The fourth-order valence-corrected chi connectivity index (χ4v) is 5.51. The summed E-state index contributed by atoms with van der Waals surface area (Å²) in [4.78, 5) is 17.8. The standard InChI is InChI=1S/C32H37F3N2O2/c1-3-31(30(38)39-4-2,27-13-6-5-7-14-27)17-10-18-36-19-21-37(22-20-36)29-16-9-12-26(24-29)25-11-8-15-28(23-25)32(33,34)35/h5-9,11-16,23-24H,3-4,10,17-22H2,1-2H3. The van der Waals surface area contributed by atoms with Crippen LogP contribution in [0.15, 0.2) is 78.9 Å². The number of benzene rings is 3. The molecule has 1 saturated heterocycles. The van der Waals surface area contributed by atoms with E-state index in [1.807, 2.05) is 61.5 Å². The highest BCUT2D eigenvalue weighted by Gasteiger charge is 2.39. The molecule has 0 aromatic heterocycles. The molecular weight excluding hydrogens is 501 g/mol. The zero-order chi connectivity index (χ0) is 27.9. The third-order valence-corrected chi connectivity index (χ3v) is 7.78. The molecule has 0 N–H and O–H groups in total. The summed E-state index contributed by atoms with van der Waals surface area (Å²) in [6.07, 6.45) is -2.07. The van der Waals surface area contributed by atoms with E-state index < -0.39 is 17.2 Å². The number of alkyl halides is 3. The van der Waals surface area contributed by atoms with Crippen LogP contribution >= 0.6 is 0 Å². The summed E-state index contributed by atoms with van der Waals surface area (Å²) in [6.45, 7) is 8.60. The van der Waals surface area contributed by atoms with Gasteiger partial charge in [-0.1, -0.05) is 61.5 Å². The predicted molar refractivity (Wildman–Crippen MR) is 150 cm³/mol. The van der Waals surface area contributed by atoms with Crippen molar-refractivity contribution in [2.45, 2.75) is 44.7 Å². The second-order valence-corrected chi connectivity index (χ2v) is 10.1. The molecule has 0 bridgehead atoms. The van der Waals surface area contributed by atoms with E-state index in [9.17, 15) is 18.0 Å². The van der Waals surface area contributed by atoms with Gasteiger partial charge in [0.2, 0.25) is 0 Å². The van der Waals surface area contributed by atoms with E-state index in [0.717, 1.165) is 68.4 Å². The van der Waals surface area contributed by atoms with Crippen molar-refractivity contribution in [2.24, 2.45) is 0 Å². The number of hydrogen-bond acceptors (Lipinski definition) is 4. The van der Waals surface area contributed by atoms with Crippen molar-refractivity contribution in [1.82, 2.24) is 4.90 Å². The van der Waals surface area contributed by atoms with Gasteiger partial charge in [-0.2, -0.15) is 13.2 Å². The van der Waals surface area contributed by atoms with Gasteiger partial charge in [-0.05, 0) is 73.7 Å². The van der Waals surface area contributed by atoms with Crippen molar-refractivity contribution >= 4 is 11.7 Å². The molecule has 1 unspecified atom stereocenters. The average molecular weight is 539 g/mol. The Morgan fingerprint density at radius 1 is 0.821 bits per heavy atom. The van der Waals surface area contributed by atoms with Crippen LogP contribution < -0.4 is 4.90 Å². The number of anilines is 1. The fraction of sp³-hybridized carbons (Fsp3) is 0.406. The van der Waals surface area contributed by atoms with Crippen molar-refractivity contribution in [3.05, 3.63) is 90.0 Å². The van der Waals surface area contributed by atoms with Gasteiger partial charge in [0, 0.05) is 31.9 Å². The lowest BCUT2D eigenvalue weighted by atomic mass is 9.74. The first-order valence-electron chi connectivity index (χ1n) is 13.7. The molecule has 0 amide bonds. The van der Waals surface area contributed by atoms with Crippen molar-refractivity contribution in [2.75, 3.05) is 44.2 Å². The topological polar surface area (TPSA) is 32.8 Å². The maximum absolute atomic E-state index is 13.2. The van der Waals surface area contributed by atoms with Gasteiger partial charge >= 0.3 is 12.1 Å². The van der Waals surface area contributed by atoms with Gasteiger partial charge in [0.15, 0.2) is 0 Å². The van der Waals surface area contributed by atoms with Crippen molar-refractivity contribution in [1.29, 1.82) is 0 Å². The van der Waals surface area contributed by atoms with E-state index in [0.29, 0.717) is 18.6 Å². The minimum atomic E-state index is -4.36. The molecule has 1 heterocycles. The molecule has 0 aliphatic carbocycles. The van der Waals surface area contributed by atoms with Gasteiger partial charge in [-0.3, -0.25) is 9.69 Å². The van der Waals surface area contributed by atoms with E-state index >= 15 is 0 Å². The van der Waals surface area contributed by atoms with Crippen LogP contribution in [-0.4, -0.2) is 50.2 Å². The second-order valence-electron chi connectivity index (χ2n) is 10.1. The lowest BCUT2D eigenvalue weighted by Gasteiger charge is -2.37. The van der Waals surface area contributed by atoms with Gasteiger partial charge in [-0.15, -0.1) is 0 Å². The van der Waals surface area contributed by atoms with Crippen molar-refractivity contribution < 1.29 is 22.7 Å². The molecule has 0 saturated carbocycles. The van der Waals surface area contributed by atoms with Crippen molar-refractivity contribution in [3.8, 4) is 11.1 Å². The molecule has 208 valence electrons. The molecule has 3 aromatic rings. The lowest BCUT2D eigenvalue weighted by molar-refractivity contribution is -0.151. The van der Waals surface area contributed by atoms with Crippen LogP contribution in [0.3, 0.4) is 0 Å². The monoisotopic (exact) mass is 538 g/mol. The smallest absolute Gasteiger partial charge is 0.416 e. The maximum Gasteiger partial charge on any atom is 0.416 e. The number of ether oxygens (including phenoxy) is 1. The van der Waals surface area contributed by atoms with E-state index in [4.69, 9.17) is 4.74 Å². The molecule has 1 fully saturated rings. The summed E-state index contributed by atoms with van der Waals surface area (Å²) in [5.74, 6) is -0.149. The number of carbonyl (C=O) groups excluding carboxylic acids is 1. The minimum absolute atomic E-state index is 0.149. The third-order valence-electron chi connectivity index (χ3n) is 7.78. The van der Waals surface area contributed by atoms with Crippen LogP contribution in [0.2, 0.25) is 0 Å². The Hall–Kier alpha value is -3.32. The highest BCUT2D eigenvalue weighted by Crippen LogP contribution is 2.35. The molecule has 0 spiro atoms. The average Bonchev–Trinajstić information content (AvgIpc) is 2.96. The number of esters is 1. The number of halogens is 3. The first-order valence-corrected chi connectivity index (χ1v) is 13.7. The number of piperazine rings is 1. The van der Waals surface area contributed by atoms with Gasteiger partial charge in [-0.25, -0.2) is 0 Å². The zero-order valence-electron chi connectivity index (χ0n) is 22.7. The molecule has 3 aromatic carbocycles. The molecule has 1 atom stereocenters. The van der Waals surface area contributed by atoms with Crippen LogP contribution in [-0.2, 0) is 21.1 Å². The summed E-state index contributed by atoms with van der Waals surface area (Å²) >= 11 is 0. The Kier molecular flexibility index (Phi) is 9.33. The largest absolute Gasteiger partial charge is 0.465 e. The SMILES string of the molecule is CCOC(=O)C(CC)(CCCN1CCN(c2cccc(-c3cccc(C(F)(F)F)c3)c2)CC1)c1ccccc1. The number of carbonyl (C=O) groups is 1. The van der Waals surface area contributed by atoms with Gasteiger partial charge in [0.05, 0.1) is 17.6 Å². The summed E-state index contributed by atoms with van der Waals surface area (Å²) < 4.78 is 45.1. The minimum Gasteiger partial charge on any atom is -0.465 e. The second kappa shape index (κ2) is 12.7. The first-order chi connectivity index (χ1) is 18.8. The number of nitrogens with zero attached hydrogens (tertiary/aromatic N) is 2. The molecular formula is C32H37F3N2O2. The molecule has 39 heavy (non-hydrogen) atoms. The molecule has 0 radical (unpaired) electrons. The Bertz CT molecular complexity index is 1220. The summed E-state index contributed by atoms with van der Waals surface area (Å²) in [6, 6.07) is 23.2. The zero-order valence-corrected chi connectivity index (χ0v) is 22.7. The molecule has 1 aliphatic rings. The maximum atomic E-state index is 13.2. The Balaban J connectivity index is 1.36. The quantitative estimate of drug-likeness (QED) is 0.256. The highest BCUT2D eigenvalue weighted by atomic mass is 19.4. The Morgan fingerprint density at radius 3 is 2.10 bits per heavy atom. The summed E-state index contributed by atoms with van der Waals surface area (Å²) in [5.41, 5.74) is 2.09. The van der Waals surface area contributed by atoms with Crippen molar-refractivity contribution in [3.63, 3.8) is 0 Å². The molecule has 4 rings (SSSR count). The van der Waals surface area contributed by atoms with Crippen LogP contribution in [0.4, 0.5) is 18.9 Å². The van der Waals surface area contributed by atoms with E-state index in [1.54, 1.807) is 6.07 Å². The summed E-state index contributed by atoms with van der Waals surface area (Å²) in [5, 5.41) is 0. The number of rotatable bonds is 10. The first kappa shape index (κ1) is 28.7. The van der Waals surface area contributed by atoms with Crippen LogP contribution in [0.1, 0.15) is 44.2 Å². The molecule has 4 nitrogen and oxygen atoms in total. The van der Waals surface area contributed by atoms with Crippen LogP contribution in [0, 0.1) is 0 Å². The lowest BCUT2D eigenvalue weighted by Crippen LogP contribution is -2.47. The van der Waals surface area contributed by atoms with E-state index in [2.05, 4.69) is 16.7 Å². The van der Waals surface area contributed by atoms with E-state index in [1.165, 1.54) is 12.1 Å². The normalized spacial score (nSPS) is 16.1. The van der Waals surface area contributed by atoms with E-state index in [-0.39, 0.29) is 5.97 Å². The molecule has 7 heteroatoms. The summed E-state index contributed by atoms with van der Waals surface area (Å²) in [7, 11) is 0. The predicted octanol–water partition coefficient (Wildman–Crippen LogP) is 7.19. The highest BCUT2D eigenvalue weighted by molar-refractivity contribution is 5.83.